The van der Waals surface area contributed by atoms with Crippen LogP contribution in [0.5, 0.6) is 17.2 Å². The van der Waals surface area contributed by atoms with Crippen LogP contribution in [0.2, 0.25) is 0 Å². The van der Waals surface area contributed by atoms with E-state index in [-0.39, 0.29) is 67.7 Å². The van der Waals surface area contributed by atoms with Crippen molar-refractivity contribution in [3.63, 3.8) is 0 Å². The van der Waals surface area contributed by atoms with E-state index >= 15 is 0 Å². The zero-order chi connectivity index (χ0) is 41.6. The summed E-state index contributed by atoms with van der Waals surface area (Å²) in [4.78, 5) is 67.3. The minimum atomic E-state index is -0.384. The Morgan fingerprint density at radius 2 is 1.41 bits per heavy atom. The number of para-hydroxylation sites is 2. The Morgan fingerprint density at radius 3 is 2.12 bits per heavy atom. The third-order valence-electron chi connectivity index (χ3n) is 10.5. The number of fused-ring (bicyclic) bond motifs is 3. The summed E-state index contributed by atoms with van der Waals surface area (Å²) in [6, 6.07) is 30.1. The van der Waals surface area contributed by atoms with E-state index in [1.165, 1.54) is 4.90 Å². The van der Waals surface area contributed by atoms with E-state index < -0.39 is 0 Å². The molecule has 3 heterocycles. The van der Waals surface area contributed by atoms with Crippen molar-refractivity contribution in [2.75, 3.05) is 44.6 Å². The monoisotopic (exact) mass is 790 g/mol. The Morgan fingerprint density at radius 1 is 0.759 bits per heavy atom. The maximum atomic E-state index is 14.2. The van der Waals surface area contributed by atoms with Crippen LogP contribution in [0.3, 0.4) is 0 Å². The van der Waals surface area contributed by atoms with Crippen molar-refractivity contribution in [3.8, 4) is 17.2 Å². The lowest BCUT2D eigenvalue weighted by molar-refractivity contribution is -0.132. The summed E-state index contributed by atoms with van der Waals surface area (Å²) in [5, 5.41) is 3.37. The third kappa shape index (κ3) is 10.4. The molecule has 0 radical (unpaired) electrons. The van der Waals surface area contributed by atoms with Gasteiger partial charge in [-0.1, -0.05) is 88.4 Å². The number of imide groups is 1. The molecule has 0 bridgehead atoms. The molecule has 3 aliphatic rings. The SMILES string of the molecule is C=O.CC.CC(C)C(CN(CCc1ccc2c(c1)OCO2)C(=O)CCN1C(=O)c2ccccc2C1=O)[C@H](Cc1ccccc1)NC(=O)CCN1COc2ccccc21. The van der Waals surface area contributed by atoms with E-state index in [9.17, 15) is 19.2 Å². The van der Waals surface area contributed by atoms with Crippen molar-refractivity contribution in [3.05, 3.63) is 119 Å². The topological polar surface area (TPSA) is 135 Å². The highest BCUT2D eigenvalue weighted by Gasteiger charge is 2.36. The highest BCUT2D eigenvalue weighted by molar-refractivity contribution is 6.21. The van der Waals surface area contributed by atoms with Crippen molar-refractivity contribution in [2.24, 2.45) is 11.8 Å². The van der Waals surface area contributed by atoms with Gasteiger partial charge in [0.25, 0.3) is 11.8 Å². The van der Waals surface area contributed by atoms with Crippen LogP contribution < -0.4 is 24.4 Å². The largest absolute Gasteiger partial charge is 0.471 e. The highest BCUT2D eigenvalue weighted by atomic mass is 16.7. The summed E-state index contributed by atoms with van der Waals surface area (Å²) >= 11 is 0. The molecule has 1 N–H and O–H groups in total. The van der Waals surface area contributed by atoms with E-state index in [0.717, 1.165) is 22.6 Å². The number of rotatable bonds is 16. The van der Waals surface area contributed by atoms with Gasteiger partial charge in [0.2, 0.25) is 18.6 Å². The summed E-state index contributed by atoms with van der Waals surface area (Å²) in [6.07, 6.45) is 1.40. The number of benzene rings is 4. The van der Waals surface area contributed by atoms with Gasteiger partial charge in [0.05, 0.1) is 16.8 Å². The maximum absolute atomic E-state index is 14.2. The Labute approximate surface area is 341 Å². The quantitative estimate of drug-likeness (QED) is 0.125. The number of anilines is 1. The van der Waals surface area contributed by atoms with Crippen molar-refractivity contribution >= 4 is 36.1 Å². The van der Waals surface area contributed by atoms with Crippen LogP contribution in [0.1, 0.15) is 72.4 Å². The highest BCUT2D eigenvalue weighted by Crippen LogP contribution is 2.34. The van der Waals surface area contributed by atoms with E-state index in [1.54, 1.807) is 24.3 Å². The number of nitrogens with zero attached hydrogens (tertiary/aromatic N) is 3. The Kier molecular flexibility index (Phi) is 15.4. The van der Waals surface area contributed by atoms with E-state index in [4.69, 9.17) is 19.0 Å². The van der Waals surface area contributed by atoms with Gasteiger partial charge in [0, 0.05) is 45.1 Å². The second-order valence-electron chi connectivity index (χ2n) is 14.4. The van der Waals surface area contributed by atoms with Gasteiger partial charge >= 0.3 is 0 Å². The Hall–Kier alpha value is -6.17. The molecule has 0 saturated heterocycles. The molecule has 2 atom stereocenters. The lowest BCUT2D eigenvalue weighted by atomic mass is 9.84. The van der Waals surface area contributed by atoms with Gasteiger partial charge in [-0.05, 0) is 72.2 Å². The summed E-state index contributed by atoms with van der Waals surface area (Å²) in [5.41, 5.74) is 3.76. The second kappa shape index (κ2) is 20.8. The number of hydrogen-bond acceptors (Lipinski definition) is 9. The first kappa shape index (κ1) is 43.0. The molecular weight excluding hydrogens is 737 g/mol. The first-order valence-electron chi connectivity index (χ1n) is 20.0. The van der Waals surface area contributed by atoms with Crippen molar-refractivity contribution in [1.29, 1.82) is 0 Å². The van der Waals surface area contributed by atoms with Gasteiger partial charge in [-0.2, -0.15) is 0 Å². The van der Waals surface area contributed by atoms with Crippen LogP contribution in [-0.4, -0.2) is 86.0 Å². The van der Waals surface area contributed by atoms with Crippen LogP contribution in [0.4, 0.5) is 5.69 Å². The van der Waals surface area contributed by atoms with Crippen LogP contribution >= 0.6 is 0 Å². The molecule has 4 amide bonds. The number of carbonyl (C=O) groups excluding carboxylic acids is 5. The predicted molar refractivity (Wildman–Crippen MR) is 222 cm³/mol. The Balaban J connectivity index is 0.00000155. The average Bonchev–Trinajstić information content (AvgIpc) is 3.96. The number of ether oxygens (including phenoxy) is 3. The van der Waals surface area contributed by atoms with E-state index in [0.29, 0.717) is 61.8 Å². The van der Waals surface area contributed by atoms with Gasteiger partial charge in [-0.3, -0.25) is 24.1 Å². The van der Waals surface area contributed by atoms with Crippen molar-refractivity contribution < 1.29 is 38.2 Å². The van der Waals surface area contributed by atoms with Crippen molar-refractivity contribution in [1.82, 2.24) is 15.1 Å². The van der Waals surface area contributed by atoms with Crippen LogP contribution in [-0.2, 0) is 27.2 Å². The molecule has 3 aliphatic heterocycles. The molecule has 0 aromatic heterocycles. The molecular formula is C46H54N4O8. The fourth-order valence-electron chi connectivity index (χ4n) is 7.48. The van der Waals surface area contributed by atoms with Crippen LogP contribution in [0.15, 0.2) is 97.1 Å². The smallest absolute Gasteiger partial charge is 0.261 e. The summed E-state index contributed by atoms with van der Waals surface area (Å²) in [7, 11) is 0. The molecule has 0 saturated carbocycles. The summed E-state index contributed by atoms with van der Waals surface area (Å²) in [5.74, 6) is 1.13. The standard InChI is InChI=1S/C43H46N4O7.C2H6.CH2O/c1-29(2)34(35(24-30-10-4-3-5-11-30)44-40(48)19-22-46-27-52-37-15-9-8-14-36(37)46)26-45(21-18-31-16-17-38-39(25-31)54-28-53-38)41(49)20-23-47-42(50)32-12-6-7-13-33(32)43(47)51;2*1-2/h3-17,25,29,34-35H,18-24,26-28H2,1-2H3,(H,44,48);1-2H3;1H2/t34?,35-;;/m0../s1. The molecule has 58 heavy (non-hydrogen) atoms. The fraction of sp³-hybridized carbons (Fsp3) is 0.370. The van der Waals surface area contributed by atoms with Gasteiger partial charge < -0.3 is 34.1 Å². The summed E-state index contributed by atoms with van der Waals surface area (Å²) < 4.78 is 16.9. The molecule has 12 heteroatoms. The zero-order valence-electron chi connectivity index (χ0n) is 33.9. The zero-order valence-corrected chi connectivity index (χ0v) is 33.9. The summed E-state index contributed by atoms with van der Waals surface area (Å²) in [6.45, 7) is 12.1. The lowest BCUT2D eigenvalue weighted by Crippen LogP contribution is -2.50. The van der Waals surface area contributed by atoms with Gasteiger partial charge in [0.1, 0.15) is 12.5 Å². The minimum Gasteiger partial charge on any atom is -0.471 e. The molecule has 0 spiro atoms. The van der Waals surface area contributed by atoms with Crippen LogP contribution in [0.25, 0.3) is 0 Å². The average molecular weight is 791 g/mol. The minimum absolute atomic E-state index is 0.0213. The molecule has 12 nitrogen and oxygen atoms in total. The van der Waals surface area contributed by atoms with Gasteiger partial charge in [-0.25, -0.2) is 0 Å². The predicted octanol–water partition coefficient (Wildman–Crippen LogP) is 6.56. The van der Waals surface area contributed by atoms with Crippen molar-refractivity contribution in [2.45, 2.75) is 59.4 Å². The second-order valence-corrected chi connectivity index (χ2v) is 14.4. The third-order valence-corrected chi connectivity index (χ3v) is 10.5. The molecule has 0 aliphatic carbocycles. The molecule has 1 unspecified atom stereocenters. The number of hydrogen-bond donors (Lipinski definition) is 1. The molecule has 306 valence electrons. The number of carbonyl (C=O) groups is 5. The van der Waals surface area contributed by atoms with Gasteiger partial charge in [0.15, 0.2) is 18.2 Å². The first-order chi connectivity index (χ1) is 28.2. The molecule has 0 fully saturated rings. The normalized spacial score (nSPS) is 14.3. The fourth-order valence-corrected chi connectivity index (χ4v) is 7.48. The number of nitrogens with one attached hydrogen (secondary N) is 1. The Bertz CT molecular complexity index is 1990. The van der Waals surface area contributed by atoms with Gasteiger partial charge in [-0.15, -0.1) is 0 Å². The van der Waals surface area contributed by atoms with E-state index in [1.807, 2.05) is 86.2 Å². The first-order valence-corrected chi connectivity index (χ1v) is 20.0. The van der Waals surface area contributed by atoms with E-state index in [2.05, 4.69) is 36.2 Å². The molecule has 4 aromatic carbocycles. The molecule has 7 rings (SSSR count). The lowest BCUT2D eigenvalue weighted by Gasteiger charge is -2.36. The number of amides is 4. The maximum Gasteiger partial charge on any atom is 0.261 e. The molecule has 4 aromatic rings. The van der Waals surface area contributed by atoms with Crippen LogP contribution in [0, 0.1) is 11.8 Å².